The van der Waals surface area contributed by atoms with Crippen LogP contribution in [0.5, 0.6) is 0 Å². The normalized spacial score (nSPS) is 17.1. The quantitative estimate of drug-likeness (QED) is 0.871. The van der Waals surface area contributed by atoms with Gasteiger partial charge in [-0.2, -0.15) is 5.10 Å². The molecule has 1 aliphatic rings. The van der Waals surface area contributed by atoms with Crippen LogP contribution in [0.4, 0.5) is 0 Å². The van der Waals surface area contributed by atoms with Crippen LogP contribution in [0.1, 0.15) is 29.5 Å². The van der Waals surface area contributed by atoms with Crippen molar-refractivity contribution in [1.29, 1.82) is 0 Å². The number of hydrogen-bond acceptors (Lipinski definition) is 4. The Morgan fingerprint density at radius 3 is 2.69 bits per heavy atom. The Morgan fingerprint density at radius 2 is 2.04 bits per heavy atom. The van der Waals surface area contributed by atoms with E-state index in [-0.39, 0.29) is 5.91 Å². The number of methoxy groups -OCH3 is 1. The number of hydrogen-bond donors (Lipinski definition) is 1. The molecule has 0 unspecified atom stereocenters. The van der Waals surface area contributed by atoms with E-state index in [0.717, 1.165) is 43.0 Å². The van der Waals surface area contributed by atoms with Crippen LogP contribution in [0, 0.1) is 6.92 Å². The first-order valence-corrected chi connectivity index (χ1v) is 9.26. The molecule has 1 atom stereocenters. The molecule has 140 valence electrons. The van der Waals surface area contributed by atoms with Crippen molar-refractivity contribution in [3.63, 3.8) is 0 Å². The molecule has 0 spiro atoms. The summed E-state index contributed by atoms with van der Waals surface area (Å²) in [6.07, 6.45) is 0.365. The molecule has 1 aromatic heterocycles. The molecule has 0 bridgehead atoms. The van der Waals surface area contributed by atoms with Crippen molar-refractivity contribution >= 4 is 17.5 Å². The number of benzene rings is 1. The van der Waals surface area contributed by atoms with Gasteiger partial charge in [-0.15, -0.1) is 0 Å². The highest BCUT2D eigenvalue weighted by atomic mass is 35.5. The summed E-state index contributed by atoms with van der Waals surface area (Å²) >= 11 is 6.27. The van der Waals surface area contributed by atoms with Crippen molar-refractivity contribution in [3.8, 4) is 0 Å². The van der Waals surface area contributed by atoms with E-state index in [1.807, 2.05) is 42.2 Å². The molecule has 1 amide bonds. The van der Waals surface area contributed by atoms with E-state index in [1.54, 1.807) is 7.11 Å². The molecular weight excluding hydrogens is 352 g/mol. The number of amides is 1. The largest absolute Gasteiger partial charge is 0.367 e. The Hall–Kier alpha value is -1.89. The summed E-state index contributed by atoms with van der Waals surface area (Å²) in [5, 5.41) is 7.90. The Labute approximate surface area is 159 Å². The van der Waals surface area contributed by atoms with E-state index < -0.39 is 6.10 Å². The average Bonchev–Trinajstić information content (AvgIpc) is 2.86. The molecule has 6 nitrogen and oxygen atoms in total. The number of rotatable bonds is 5. The number of H-pyrrole nitrogens is 1. The van der Waals surface area contributed by atoms with Crippen LogP contribution in [0.2, 0.25) is 5.02 Å². The Balaban J connectivity index is 1.62. The lowest BCUT2D eigenvalue weighted by Crippen LogP contribution is -2.38. The van der Waals surface area contributed by atoms with Gasteiger partial charge in [-0.05, 0) is 18.9 Å². The fourth-order valence-electron chi connectivity index (χ4n) is 3.31. The lowest BCUT2D eigenvalue weighted by atomic mass is 10.1. The number of aryl methyl sites for hydroxylation is 1. The molecule has 0 radical (unpaired) electrons. The molecule has 0 saturated carbocycles. The number of nitrogens with one attached hydrogen (secondary N) is 1. The zero-order chi connectivity index (χ0) is 18.5. The Kier molecular flexibility index (Phi) is 6.29. The van der Waals surface area contributed by atoms with E-state index in [4.69, 9.17) is 16.3 Å². The zero-order valence-electron chi connectivity index (χ0n) is 15.2. The van der Waals surface area contributed by atoms with Gasteiger partial charge in [-0.1, -0.05) is 41.9 Å². The van der Waals surface area contributed by atoms with Crippen LogP contribution in [-0.4, -0.2) is 59.2 Å². The predicted molar refractivity (Wildman–Crippen MR) is 101 cm³/mol. The molecule has 2 aromatic rings. The summed E-state index contributed by atoms with van der Waals surface area (Å²) in [4.78, 5) is 17.1. The van der Waals surface area contributed by atoms with Gasteiger partial charge >= 0.3 is 0 Å². The SMILES string of the molecule is CO[C@H](C(=O)N1CCCN(Cc2n[nH]c(C)c2Cl)CC1)c1ccccc1. The summed E-state index contributed by atoms with van der Waals surface area (Å²) < 4.78 is 5.50. The van der Waals surface area contributed by atoms with Gasteiger partial charge in [0.1, 0.15) is 0 Å². The van der Waals surface area contributed by atoms with E-state index >= 15 is 0 Å². The number of halogens is 1. The predicted octanol–water partition coefficient (Wildman–Crippen LogP) is 2.79. The highest BCUT2D eigenvalue weighted by Crippen LogP contribution is 2.22. The topological polar surface area (TPSA) is 61.5 Å². The smallest absolute Gasteiger partial charge is 0.256 e. The molecule has 1 aliphatic heterocycles. The lowest BCUT2D eigenvalue weighted by molar-refractivity contribution is -0.142. The summed E-state index contributed by atoms with van der Waals surface area (Å²) in [5.74, 6) is 0.0224. The van der Waals surface area contributed by atoms with Gasteiger partial charge in [0.2, 0.25) is 0 Å². The summed E-state index contributed by atoms with van der Waals surface area (Å²) in [6.45, 7) is 5.71. The molecule has 0 aliphatic carbocycles. The molecular formula is C19H25ClN4O2. The van der Waals surface area contributed by atoms with Crippen LogP contribution in [0.3, 0.4) is 0 Å². The third-order valence-electron chi connectivity index (χ3n) is 4.78. The monoisotopic (exact) mass is 376 g/mol. The summed E-state index contributed by atoms with van der Waals surface area (Å²) in [6, 6.07) is 9.64. The molecule has 1 fully saturated rings. The second-order valence-corrected chi connectivity index (χ2v) is 6.97. The van der Waals surface area contributed by atoms with Gasteiger partial charge in [0.25, 0.3) is 5.91 Å². The molecule has 1 saturated heterocycles. The average molecular weight is 377 g/mol. The minimum absolute atomic E-state index is 0.0224. The van der Waals surface area contributed by atoms with Gasteiger partial charge in [-0.3, -0.25) is 14.8 Å². The van der Waals surface area contributed by atoms with Gasteiger partial charge < -0.3 is 9.64 Å². The van der Waals surface area contributed by atoms with Crippen LogP contribution in [-0.2, 0) is 16.1 Å². The maximum Gasteiger partial charge on any atom is 0.256 e. The Bertz CT molecular complexity index is 734. The van der Waals surface area contributed by atoms with Crippen molar-refractivity contribution in [3.05, 3.63) is 52.3 Å². The fraction of sp³-hybridized carbons (Fsp3) is 0.474. The molecule has 26 heavy (non-hydrogen) atoms. The van der Waals surface area contributed by atoms with E-state index in [0.29, 0.717) is 18.1 Å². The standard InChI is InChI=1S/C19H25ClN4O2/c1-14-17(20)16(22-21-14)13-23-9-6-10-24(12-11-23)19(25)18(26-2)15-7-4-3-5-8-15/h3-5,7-8,18H,6,9-13H2,1-2H3,(H,21,22)/t18-/m0/s1. The van der Waals surface area contributed by atoms with E-state index in [2.05, 4.69) is 15.1 Å². The van der Waals surface area contributed by atoms with Gasteiger partial charge in [-0.25, -0.2) is 0 Å². The second kappa shape index (κ2) is 8.66. The second-order valence-electron chi connectivity index (χ2n) is 6.59. The summed E-state index contributed by atoms with van der Waals surface area (Å²) in [5.41, 5.74) is 2.64. The molecule has 7 heteroatoms. The number of aromatic amines is 1. The maximum atomic E-state index is 12.9. The molecule has 1 N–H and O–H groups in total. The highest BCUT2D eigenvalue weighted by Gasteiger charge is 2.27. The van der Waals surface area contributed by atoms with E-state index in [1.165, 1.54) is 0 Å². The van der Waals surface area contributed by atoms with Crippen LogP contribution in [0.25, 0.3) is 0 Å². The van der Waals surface area contributed by atoms with Crippen molar-refractivity contribution in [2.45, 2.75) is 26.0 Å². The number of ether oxygens (including phenoxy) is 1. The molecule has 1 aromatic carbocycles. The minimum atomic E-state index is -0.550. The van der Waals surface area contributed by atoms with Crippen LogP contribution < -0.4 is 0 Å². The van der Waals surface area contributed by atoms with Gasteiger partial charge in [0.15, 0.2) is 6.10 Å². The van der Waals surface area contributed by atoms with Gasteiger partial charge in [0.05, 0.1) is 16.4 Å². The number of nitrogens with zero attached hydrogens (tertiary/aromatic N) is 3. The molecule has 2 heterocycles. The first kappa shape index (κ1) is 18.9. The van der Waals surface area contributed by atoms with Crippen molar-refractivity contribution in [2.24, 2.45) is 0 Å². The van der Waals surface area contributed by atoms with E-state index in [9.17, 15) is 4.79 Å². The minimum Gasteiger partial charge on any atom is -0.367 e. The van der Waals surface area contributed by atoms with Crippen molar-refractivity contribution in [1.82, 2.24) is 20.0 Å². The first-order valence-electron chi connectivity index (χ1n) is 8.88. The lowest BCUT2D eigenvalue weighted by Gasteiger charge is -2.26. The highest BCUT2D eigenvalue weighted by molar-refractivity contribution is 6.31. The number of carbonyl (C=O) groups excluding carboxylic acids is 1. The van der Waals surface area contributed by atoms with Crippen molar-refractivity contribution in [2.75, 3.05) is 33.3 Å². The fourth-order valence-corrected chi connectivity index (χ4v) is 3.45. The number of aromatic nitrogens is 2. The third-order valence-corrected chi connectivity index (χ3v) is 5.28. The third kappa shape index (κ3) is 4.26. The Morgan fingerprint density at radius 1 is 1.27 bits per heavy atom. The van der Waals surface area contributed by atoms with Gasteiger partial charge in [0, 0.05) is 39.8 Å². The first-order chi connectivity index (χ1) is 12.6. The molecule has 3 rings (SSSR count). The summed E-state index contributed by atoms with van der Waals surface area (Å²) in [7, 11) is 1.58. The maximum absolute atomic E-state index is 12.9. The number of carbonyl (C=O) groups is 1. The zero-order valence-corrected chi connectivity index (χ0v) is 16.0. The van der Waals surface area contributed by atoms with Crippen LogP contribution in [0.15, 0.2) is 30.3 Å². The van der Waals surface area contributed by atoms with Crippen LogP contribution >= 0.6 is 11.6 Å². The van der Waals surface area contributed by atoms with Crippen molar-refractivity contribution < 1.29 is 9.53 Å².